The second kappa shape index (κ2) is 6.17. The topological polar surface area (TPSA) is 47.3 Å². The van der Waals surface area contributed by atoms with Gasteiger partial charge in [-0.2, -0.15) is 5.10 Å². The zero-order chi connectivity index (χ0) is 13.0. The van der Waals surface area contributed by atoms with Crippen molar-refractivity contribution in [1.82, 2.24) is 9.78 Å². The van der Waals surface area contributed by atoms with Crippen LogP contribution in [0, 0.1) is 13.8 Å². The van der Waals surface area contributed by atoms with Crippen molar-refractivity contribution in [3.63, 3.8) is 0 Å². The highest BCUT2D eigenvalue weighted by atomic mass is 16.5. The van der Waals surface area contributed by atoms with Gasteiger partial charge in [-0.1, -0.05) is 6.92 Å². The maximum absolute atomic E-state index is 9.98. The van der Waals surface area contributed by atoms with Crippen LogP contribution in [0.25, 0.3) is 0 Å². The normalized spacial score (nSPS) is 14.9. The molecule has 0 radical (unpaired) electrons. The Kier molecular flexibility index (Phi) is 5.15. The van der Waals surface area contributed by atoms with Crippen LogP contribution in [0.5, 0.6) is 0 Å². The van der Waals surface area contributed by atoms with Gasteiger partial charge in [-0.15, -0.1) is 0 Å². The van der Waals surface area contributed by atoms with E-state index < -0.39 is 6.10 Å². The molecular weight excluding hydrogens is 216 g/mol. The first-order valence-corrected chi connectivity index (χ1v) is 6.25. The molecule has 0 aliphatic carbocycles. The van der Waals surface area contributed by atoms with Gasteiger partial charge in [-0.3, -0.25) is 4.68 Å². The number of aliphatic hydroxyl groups is 1. The molecule has 0 amide bonds. The Morgan fingerprint density at radius 2 is 2.06 bits per heavy atom. The molecular formula is C13H24N2O2. The van der Waals surface area contributed by atoms with Gasteiger partial charge in [0.15, 0.2) is 0 Å². The van der Waals surface area contributed by atoms with Crippen molar-refractivity contribution in [1.29, 1.82) is 0 Å². The van der Waals surface area contributed by atoms with Crippen LogP contribution in [0.4, 0.5) is 0 Å². The highest BCUT2D eigenvalue weighted by Crippen LogP contribution is 2.26. The molecule has 0 saturated carbocycles. The number of hydrogen-bond acceptors (Lipinski definition) is 3. The summed E-state index contributed by atoms with van der Waals surface area (Å²) in [7, 11) is 1.71. The Morgan fingerprint density at radius 1 is 1.41 bits per heavy atom. The Morgan fingerprint density at radius 3 is 2.59 bits per heavy atom. The van der Waals surface area contributed by atoms with Crippen molar-refractivity contribution in [2.45, 2.75) is 52.7 Å². The van der Waals surface area contributed by atoms with Crippen LogP contribution < -0.4 is 0 Å². The van der Waals surface area contributed by atoms with Crippen molar-refractivity contribution in [3.05, 3.63) is 17.0 Å². The molecule has 2 atom stereocenters. The summed E-state index contributed by atoms with van der Waals surface area (Å²) >= 11 is 0. The van der Waals surface area contributed by atoms with Gasteiger partial charge in [0.1, 0.15) is 0 Å². The number of hydrogen-bond donors (Lipinski definition) is 1. The van der Waals surface area contributed by atoms with Gasteiger partial charge in [0.25, 0.3) is 0 Å². The number of rotatable bonds is 6. The predicted octanol–water partition coefficient (Wildman–Crippen LogP) is 2.54. The van der Waals surface area contributed by atoms with Crippen molar-refractivity contribution >= 4 is 0 Å². The zero-order valence-corrected chi connectivity index (χ0v) is 11.5. The van der Waals surface area contributed by atoms with Crippen LogP contribution >= 0.6 is 0 Å². The van der Waals surface area contributed by atoms with E-state index in [4.69, 9.17) is 4.74 Å². The lowest BCUT2D eigenvalue weighted by Gasteiger charge is -2.15. The molecule has 1 heterocycles. The van der Waals surface area contributed by atoms with E-state index in [1.165, 1.54) is 0 Å². The maximum Gasteiger partial charge on any atom is 0.0823 e. The highest BCUT2D eigenvalue weighted by Gasteiger charge is 2.19. The van der Waals surface area contributed by atoms with Crippen molar-refractivity contribution in [3.8, 4) is 0 Å². The quantitative estimate of drug-likeness (QED) is 0.831. The van der Waals surface area contributed by atoms with Crippen LogP contribution in [0.3, 0.4) is 0 Å². The number of aromatic nitrogens is 2. The summed E-state index contributed by atoms with van der Waals surface area (Å²) in [6, 6.07) is 0.298. The molecule has 1 aromatic heterocycles. The first-order valence-electron chi connectivity index (χ1n) is 6.25. The van der Waals surface area contributed by atoms with Crippen molar-refractivity contribution < 1.29 is 9.84 Å². The minimum absolute atomic E-state index is 0.298. The van der Waals surface area contributed by atoms with E-state index in [2.05, 4.69) is 12.0 Å². The molecule has 2 unspecified atom stereocenters. The monoisotopic (exact) mass is 240 g/mol. The third-order valence-corrected chi connectivity index (χ3v) is 3.26. The summed E-state index contributed by atoms with van der Waals surface area (Å²) in [5.41, 5.74) is 2.98. The average molecular weight is 240 g/mol. The molecule has 4 heteroatoms. The molecule has 0 aromatic carbocycles. The molecule has 0 aliphatic rings. The maximum atomic E-state index is 9.98. The first-order chi connectivity index (χ1) is 8.02. The Labute approximate surface area is 104 Å². The summed E-state index contributed by atoms with van der Waals surface area (Å²) in [4.78, 5) is 0. The van der Waals surface area contributed by atoms with Crippen LogP contribution in [0.2, 0.25) is 0 Å². The van der Waals surface area contributed by atoms with E-state index in [1.807, 2.05) is 25.5 Å². The Balaban J connectivity index is 2.95. The minimum Gasteiger partial charge on any atom is -0.388 e. The standard InChI is InChI=1S/C13H24N2O2/c1-6-12(16)13-10(3)14-15(11(13)4)9(2)7-8-17-5/h9,12,16H,6-8H2,1-5H3. The van der Waals surface area contributed by atoms with E-state index in [9.17, 15) is 5.11 Å². The van der Waals surface area contributed by atoms with Gasteiger partial charge in [0, 0.05) is 25.0 Å². The van der Waals surface area contributed by atoms with E-state index in [1.54, 1.807) is 7.11 Å². The lowest BCUT2D eigenvalue weighted by atomic mass is 10.1. The fraction of sp³-hybridized carbons (Fsp3) is 0.769. The van der Waals surface area contributed by atoms with Crippen LogP contribution in [0.1, 0.15) is 55.8 Å². The van der Waals surface area contributed by atoms with Crippen LogP contribution in [-0.2, 0) is 4.74 Å². The smallest absolute Gasteiger partial charge is 0.0823 e. The molecule has 98 valence electrons. The summed E-state index contributed by atoms with van der Waals surface area (Å²) in [5, 5.41) is 14.5. The van der Waals surface area contributed by atoms with Gasteiger partial charge < -0.3 is 9.84 Å². The molecule has 17 heavy (non-hydrogen) atoms. The fourth-order valence-corrected chi connectivity index (χ4v) is 2.20. The van der Waals surface area contributed by atoms with Crippen molar-refractivity contribution in [2.75, 3.05) is 13.7 Å². The molecule has 0 fully saturated rings. The van der Waals surface area contributed by atoms with Crippen molar-refractivity contribution in [2.24, 2.45) is 0 Å². The van der Waals surface area contributed by atoms with Gasteiger partial charge in [0.2, 0.25) is 0 Å². The van der Waals surface area contributed by atoms with E-state index in [0.29, 0.717) is 6.04 Å². The summed E-state index contributed by atoms with van der Waals surface area (Å²) < 4.78 is 7.09. The summed E-state index contributed by atoms with van der Waals surface area (Å²) in [6.45, 7) is 8.82. The number of aryl methyl sites for hydroxylation is 1. The lowest BCUT2D eigenvalue weighted by Crippen LogP contribution is -2.11. The zero-order valence-electron chi connectivity index (χ0n) is 11.5. The average Bonchev–Trinajstić information content (AvgIpc) is 2.61. The van der Waals surface area contributed by atoms with Gasteiger partial charge >= 0.3 is 0 Å². The molecule has 1 aromatic rings. The van der Waals surface area contributed by atoms with E-state index in [0.717, 1.165) is 36.4 Å². The first kappa shape index (κ1) is 14.2. The minimum atomic E-state index is -0.404. The predicted molar refractivity (Wildman–Crippen MR) is 68.2 cm³/mol. The van der Waals surface area contributed by atoms with E-state index >= 15 is 0 Å². The largest absolute Gasteiger partial charge is 0.388 e. The fourth-order valence-electron chi connectivity index (χ4n) is 2.20. The van der Waals surface area contributed by atoms with Gasteiger partial charge in [-0.05, 0) is 33.6 Å². The Bertz CT molecular complexity index is 361. The number of aliphatic hydroxyl groups excluding tert-OH is 1. The SMILES string of the molecule is CCC(O)c1c(C)nn(C(C)CCOC)c1C. The highest BCUT2D eigenvalue weighted by molar-refractivity contribution is 5.27. The number of nitrogens with zero attached hydrogens (tertiary/aromatic N) is 2. The van der Waals surface area contributed by atoms with Gasteiger partial charge in [-0.25, -0.2) is 0 Å². The van der Waals surface area contributed by atoms with E-state index in [-0.39, 0.29) is 0 Å². The third kappa shape index (κ3) is 3.07. The molecule has 4 nitrogen and oxygen atoms in total. The molecule has 0 aliphatic heterocycles. The van der Waals surface area contributed by atoms with Crippen LogP contribution in [0.15, 0.2) is 0 Å². The third-order valence-electron chi connectivity index (χ3n) is 3.26. The lowest BCUT2D eigenvalue weighted by molar-refractivity contribution is 0.171. The summed E-state index contributed by atoms with van der Waals surface area (Å²) in [5.74, 6) is 0. The molecule has 1 rings (SSSR count). The second-order valence-electron chi connectivity index (χ2n) is 4.58. The molecule has 0 spiro atoms. The number of methoxy groups -OCH3 is 1. The Hall–Kier alpha value is -0.870. The molecule has 0 bridgehead atoms. The molecule has 0 saturated heterocycles. The molecule has 1 N–H and O–H groups in total. The van der Waals surface area contributed by atoms with Crippen LogP contribution in [-0.4, -0.2) is 28.6 Å². The summed E-state index contributed by atoms with van der Waals surface area (Å²) in [6.07, 6.45) is 1.25. The second-order valence-corrected chi connectivity index (χ2v) is 4.58. The van der Waals surface area contributed by atoms with Gasteiger partial charge in [0.05, 0.1) is 17.8 Å². The number of ether oxygens (including phenoxy) is 1.